The Morgan fingerprint density at radius 2 is 1.95 bits per heavy atom. The number of rotatable bonds is 1. The fourth-order valence-electron chi connectivity index (χ4n) is 3.45. The molecule has 0 radical (unpaired) electrons. The van der Waals surface area contributed by atoms with Crippen LogP contribution in [0.3, 0.4) is 0 Å². The third-order valence-corrected chi connectivity index (χ3v) is 11.1. The van der Waals surface area contributed by atoms with E-state index >= 15 is 0 Å². The summed E-state index contributed by atoms with van der Waals surface area (Å²) in [6, 6.07) is 8.89. The number of fused-ring (bicyclic) bond motifs is 2. The summed E-state index contributed by atoms with van der Waals surface area (Å²) in [6.07, 6.45) is 14.2. The van der Waals surface area contributed by atoms with Crippen molar-refractivity contribution in [3.8, 4) is 0 Å². The van der Waals surface area contributed by atoms with E-state index in [1.807, 2.05) is 0 Å². The fraction of sp³-hybridized carbons (Fsp3) is 0.222. The van der Waals surface area contributed by atoms with E-state index in [1.165, 1.54) is 16.7 Å². The minimum Gasteiger partial charge on any atom is -0.174 e. The van der Waals surface area contributed by atoms with E-state index in [2.05, 4.69) is 73.8 Å². The zero-order chi connectivity index (χ0) is 13.7. The van der Waals surface area contributed by atoms with Crippen LogP contribution in [0.25, 0.3) is 6.08 Å². The SMILES string of the molecule is C[Si](C)=S1C2=CC=CC2=CC1C1C=Cc2ccccc21. The summed E-state index contributed by atoms with van der Waals surface area (Å²) in [5, 5.41) is 0.685. The van der Waals surface area contributed by atoms with Crippen molar-refractivity contribution in [2.75, 3.05) is 0 Å². The molecule has 3 aliphatic rings. The fourth-order valence-corrected chi connectivity index (χ4v) is 10.3. The van der Waals surface area contributed by atoms with Crippen LogP contribution in [0, 0.1) is 0 Å². The first-order valence-corrected chi connectivity index (χ1v) is 11.7. The summed E-state index contributed by atoms with van der Waals surface area (Å²) < 4.78 is 0. The number of hydrogen-bond donors (Lipinski definition) is 0. The van der Waals surface area contributed by atoms with Gasteiger partial charge in [0.15, 0.2) is 0 Å². The third kappa shape index (κ3) is 1.75. The largest absolute Gasteiger partial charge is 0.174 e. The molecule has 1 aromatic carbocycles. The standard InChI is InChI=1S/C18H18SSi/c1-20(2)19-17-9-5-7-14(17)12-18(19)16-11-10-13-6-3-4-8-15(13)16/h3-12,16,18H,1-2H3. The molecule has 0 saturated carbocycles. The molecular weight excluding hydrogens is 276 g/mol. The van der Waals surface area contributed by atoms with Gasteiger partial charge < -0.3 is 0 Å². The Labute approximate surface area is 124 Å². The number of hydrogen-bond acceptors (Lipinski definition) is 0. The van der Waals surface area contributed by atoms with Gasteiger partial charge in [-0.3, -0.25) is 0 Å². The van der Waals surface area contributed by atoms with Gasteiger partial charge in [-0.1, -0.05) is 67.7 Å². The minimum atomic E-state index is -0.318. The van der Waals surface area contributed by atoms with Crippen LogP contribution in [-0.4, -0.2) is 12.8 Å². The second kappa shape index (κ2) is 4.64. The molecule has 0 fully saturated rings. The molecular formula is C18H18SSi. The molecule has 2 heteroatoms. The van der Waals surface area contributed by atoms with Crippen LogP contribution in [0.15, 0.2) is 65.1 Å². The molecule has 3 atom stereocenters. The molecule has 1 aromatic rings. The molecule has 0 bridgehead atoms. The topological polar surface area (TPSA) is 0 Å². The molecule has 0 saturated heterocycles. The van der Waals surface area contributed by atoms with Crippen molar-refractivity contribution in [2.24, 2.45) is 0 Å². The zero-order valence-electron chi connectivity index (χ0n) is 11.8. The van der Waals surface area contributed by atoms with Crippen LogP contribution in [0.1, 0.15) is 17.0 Å². The Morgan fingerprint density at radius 3 is 2.80 bits per heavy atom. The molecule has 100 valence electrons. The highest BCUT2D eigenvalue weighted by Crippen LogP contribution is 2.53. The highest BCUT2D eigenvalue weighted by atomic mass is 32.3. The second-order valence-corrected chi connectivity index (χ2v) is 13.0. The monoisotopic (exact) mass is 294 g/mol. The average molecular weight is 294 g/mol. The van der Waals surface area contributed by atoms with Crippen molar-refractivity contribution < 1.29 is 0 Å². The van der Waals surface area contributed by atoms with Crippen LogP contribution >= 0.6 is 9.89 Å². The Morgan fingerprint density at radius 1 is 1.10 bits per heavy atom. The lowest BCUT2D eigenvalue weighted by atomic mass is 9.96. The Bertz CT molecular complexity index is 742. The molecule has 20 heavy (non-hydrogen) atoms. The molecule has 2 aliphatic carbocycles. The zero-order valence-corrected chi connectivity index (χ0v) is 13.7. The highest BCUT2D eigenvalue weighted by molar-refractivity contribution is 8.25. The molecule has 1 aliphatic heterocycles. The van der Waals surface area contributed by atoms with Gasteiger partial charge in [0.1, 0.15) is 0 Å². The van der Waals surface area contributed by atoms with Gasteiger partial charge in [0.05, 0.1) is 0 Å². The van der Waals surface area contributed by atoms with Crippen LogP contribution in [0.4, 0.5) is 0 Å². The van der Waals surface area contributed by atoms with E-state index in [0.717, 1.165) is 0 Å². The first kappa shape index (κ1) is 12.5. The Kier molecular flexibility index (Phi) is 2.90. The van der Waals surface area contributed by atoms with Crippen molar-refractivity contribution in [3.05, 3.63) is 76.3 Å². The molecule has 4 rings (SSSR count). The first-order valence-electron chi connectivity index (χ1n) is 7.16. The van der Waals surface area contributed by atoms with Crippen LogP contribution in [0.5, 0.6) is 0 Å². The molecule has 0 N–H and O–H groups in total. The van der Waals surface area contributed by atoms with Crippen LogP contribution in [-0.2, 0) is 0 Å². The quantitative estimate of drug-likeness (QED) is 0.634. The predicted molar refractivity (Wildman–Crippen MR) is 92.4 cm³/mol. The molecule has 0 nitrogen and oxygen atoms in total. The summed E-state index contributed by atoms with van der Waals surface area (Å²) in [7, 11) is 0.119. The summed E-state index contributed by atoms with van der Waals surface area (Å²) in [4.78, 5) is 1.63. The molecule has 3 unspecified atom stereocenters. The van der Waals surface area contributed by atoms with Gasteiger partial charge in [-0.2, -0.15) is 9.89 Å². The molecule has 0 spiro atoms. The average Bonchev–Trinajstić information content (AvgIpc) is 3.10. The van der Waals surface area contributed by atoms with E-state index in [-0.39, 0.29) is 7.50 Å². The molecule has 1 heterocycles. The van der Waals surface area contributed by atoms with Crippen molar-refractivity contribution >= 4 is 23.5 Å². The van der Waals surface area contributed by atoms with E-state index in [4.69, 9.17) is 0 Å². The van der Waals surface area contributed by atoms with Gasteiger partial charge in [0.2, 0.25) is 0 Å². The van der Waals surface area contributed by atoms with Crippen molar-refractivity contribution in [1.29, 1.82) is 0 Å². The summed E-state index contributed by atoms with van der Waals surface area (Å²) in [5.41, 5.74) is 4.45. The van der Waals surface area contributed by atoms with E-state index in [1.54, 1.807) is 4.91 Å². The van der Waals surface area contributed by atoms with Crippen molar-refractivity contribution in [3.63, 3.8) is 0 Å². The van der Waals surface area contributed by atoms with Crippen molar-refractivity contribution in [2.45, 2.75) is 24.3 Å². The van der Waals surface area contributed by atoms with Gasteiger partial charge in [0, 0.05) is 23.6 Å². The maximum atomic E-state index is 2.55. The lowest BCUT2D eigenvalue weighted by Gasteiger charge is -2.23. The highest BCUT2D eigenvalue weighted by Gasteiger charge is 2.33. The summed E-state index contributed by atoms with van der Waals surface area (Å²) in [5.74, 6) is 0.585. The van der Waals surface area contributed by atoms with Gasteiger partial charge in [-0.15, -0.1) is 0 Å². The van der Waals surface area contributed by atoms with Gasteiger partial charge in [0.25, 0.3) is 0 Å². The smallest absolute Gasteiger partial charge is 0.0425 e. The van der Waals surface area contributed by atoms with Gasteiger partial charge in [-0.05, 0) is 22.8 Å². The van der Waals surface area contributed by atoms with Gasteiger partial charge in [-0.25, -0.2) is 0 Å². The maximum absolute atomic E-state index is 2.55. The third-order valence-electron chi connectivity index (χ3n) is 4.29. The van der Waals surface area contributed by atoms with Crippen LogP contribution in [0.2, 0.25) is 13.1 Å². The Hall–Kier alpha value is -1.25. The van der Waals surface area contributed by atoms with E-state index < -0.39 is 0 Å². The van der Waals surface area contributed by atoms with Crippen LogP contribution < -0.4 is 0 Å². The Balaban J connectivity index is 1.83. The van der Waals surface area contributed by atoms with Gasteiger partial charge >= 0.3 is 0 Å². The summed E-state index contributed by atoms with van der Waals surface area (Å²) in [6.45, 7) is 4.95. The predicted octanol–water partition coefficient (Wildman–Crippen LogP) is 5.08. The van der Waals surface area contributed by atoms with E-state index in [9.17, 15) is 0 Å². The van der Waals surface area contributed by atoms with E-state index in [0.29, 0.717) is 21.1 Å². The lowest BCUT2D eigenvalue weighted by molar-refractivity contribution is 0.902. The normalized spacial score (nSPS) is 29.2. The second-order valence-electron chi connectivity index (χ2n) is 5.74. The van der Waals surface area contributed by atoms with Crippen molar-refractivity contribution in [1.82, 2.24) is 0 Å². The lowest BCUT2D eigenvalue weighted by Crippen LogP contribution is -2.11. The number of allylic oxidation sites excluding steroid dienone is 5. The summed E-state index contributed by atoms with van der Waals surface area (Å²) >= 11 is 0. The molecule has 0 amide bonds. The molecule has 0 aromatic heterocycles. The maximum Gasteiger partial charge on any atom is 0.0425 e. The minimum absolute atomic E-state index is 0.318. The first-order chi connectivity index (χ1) is 9.75. The number of benzene rings is 1.